The summed E-state index contributed by atoms with van der Waals surface area (Å²) in [6.45, 7) is 0. The Kier molecular flexibility index (Phi) is 6.43. The molecule has 21 heavy (non-hydrogen) atoms. The minimum Gasteiger partial charge on any atom is -0.381 e. The fourth-order valence-electron chi connectivity index (χ4n) is 1.59. The Morgan fingerprint density at radius 2 is 1.62 bits per heavy atom. The third kappa shape index (κ3) is 4.63. The molecule has 7 heteroatoms. The Balaban J connectivity index is 2.18. The molecule has 2 rings (SSSR count). The van der Waals surface area contributed by atoms with Gasteiger partial charge in [0.05, 0.1) is 5.69 Å². The molecule has 0 saturated heterocycles. The van der Waals surface area contributed by atoms with Gasteiger partial charge in [0.15, 0.2) is 0 Å². The number of anilines is 1. The highest BCUT2D eigenvalue weighted by atomic mass is 79.9. The molecule has 0 radical (unpaired) electrons. The average Bonchev–Trinajstić information content (AvgIpc) is 2.46. The lowest BCUT2D eigenvalue weighted by atomic mass is 10.1. The van der Waals surface area contributed by atoms with Crippen molar-refractivity contribution in [3.63, 3.8) is 0 Å². The van der Waals surface area contributed by atoms with Gasteiger partial charge in [0.2, 0.25) is 0 Å². The molecule has 0 aliphatic rings. The van der Waals surface area contributed by atoms with Crippen LogP contribution in [0.5, 0.6) is 0 Å². The van der Waals surface area contributed by atoms with Crippen LogP contribution in [0.15, 0.2) is 61.0 Å². The van der Waals surface area contributed by atoms with Crippen molar-refractivity contribution in [3.8, 4) is 0 Å². The molecule has 0 aliphatic carbocycles. The summed E-state index contributed by atoms with van der Waals surface area (Å²) in [5.74, 6) is 0. The summed E-state index contributed by atoms with van der Waals surface area (Å²) in [6.07, 6.45) is -0.813. The van der Waals surface area contributed by atoms with E-state index in [9.17, 15) is 5.11 Å². The van der Waals surface area contributed by atoms with Crippen molar-refractivity contribution < 1.29 is 5.11 Å². The Morgan fingerprint density at radius 3 is 2.19 bits per heavy atom. The molecule has 0 saturated carbocycles. The van der Waals surface area contributed by atoms with Crippen LogP contribution in [0, 0.1) is 0 Å². The van der Waals surface area contributed by atoms with E-state index in [0.29, 0.717) is 4.62 Å². The zero-order chi connectivity index (χ0) is 15.4. The van der Waals surface area contributed by atoms with Crippen molar-refractivity contribution in [1.29, 1.82) is 0 Å². The van der Waals surface area contributed by atoms with Gasteiger partial charge in [-0.2, -0.15) is 5.10 Å². The van der Waals surface area contributed by atoms with Gasteiger partial charge in [-0.3, -0.25) is 5.43 Å². The van der Waals surface area contributed by atoms with E-state index in [1.54, 1.807) is 0 Å². The van der Waals surface area contributed by atoms with E-state index in [1.807, 2.05) is 42.5 Å². The maximum Gasteiger partial charge on any atom is 0.136 e. The lowest BCUT2D eigenvalue weighted by molar-refractivity contribution is 0.251. The monoisotopic (exact) mass is 538 g/mol. The van der Waals surface area contributed by atoms with Crippen LogP contribution < -0.4 is 5.43 Å². The van der Waals surface area contributed by atoms with E-state index in [4.69, 9.17) is 0 Å². The largest absolute Gasteiger partial charge is 0.381 e. The summed E-state index contributed by atoms with van der Waals surface area (Å²) in [7, 11) is 0. The van der Waals surface area contributed by atoms with Crippen LogP contribution in [0.25, 0.3) is 0 Å². The smallest absolute Gasteiger partial charge is 0.136 e. The number of halogens is 4. The van der Waals surface area contributed by atoms with Crippen LogP contribution in [0.4, 0.5) is 5.69 Å². The van der Waals surface area contributed by atoms with Crippen LogP contribution in [0.3, 0.4) is 0 Å². The fourth-order valence-corrected chi connectivity index (χ4v) is 4.38. The minimum absolute atomic E-state index is 0.399. The molecule has 0 aromatic heterocycles. The van der Waals surface area contributed by atoms with Crippen LogP contribution in [-0.2, 0) is 0 Å². The first-order chi connectivity index (χ1) is 9.99. The molecule has 2 aromatic carbocycles. The SMILES string of the molecule is OC(/C(Br)=N/Nc1c(Br)cc(Br)cc1Br)c1ccccc1. The predicted molar refractivity (Wildman–Crippen MR) is 101 cm³/mol. The molecule has 0 fully saturated rings. The van der Waals surface area contributed by atoms with Gasteiger partial charge in [-0.1, -0.05) is 46.3 Å². The molecule has 2 N–H and O–H groups in total. The van der Waals surface area contributed by atoms with Crippen LogP contribution in [0.2, 0.25) is 0 Å². The van der Waals surface area contributed by atoms with Crippen molar-refractivity contribution in [2.75, 3.05) is 5.43 Å². The predicted octanol–water partition coefficient (Wildman–Crippen LogP) is 5.83. The molecule has 3 nitrogen and oxygen atoms in total. The number of benzene rings is 2. The third-order valence-corrected chi connectivity index (χ3v) is 4.94. The molecule has 0 spiro atoms. The van der Waals surface area contributed by atoms with Gasteiger partial charge < -0.3 is 5.11 Å². The summed E-state index contributed by atoms with van der Waals surface area (Å²) in [4.78, 5) is 0. The van der Waals surface area contributed by atoms with E-state index in [0.717, 1.165) is 24.7 Å². The van der Waals surface area contributed by atoms with Crippen molar-refractivity contribution in [2.45, 2.75) is 6.10 Å². The second-order valence-corrected chi connectivity index (χ2v) is 7.54. The highest BCUT2D eigenvalue weighted by Crippen LogP contribution is 2.34. The number of rotatable bonds is 4. The van der Waals surface area contributed by atoms with Gasteiger partial charge in [-0.15, -0.1) is 0 Å². The maximum atomic E-state index is 10.2. The molecular weight excluding hydrogens is 532 g/mol. The van der Waals surface area contributed by atoms with E-state index >= 15 is 0 Å². The zero-order valence-electron chi connectivity index (χ0n) is 10.5. The van der Waals surface area contributed by atoms with E-state index in [-0.39, 0.29) is 0 Å². The minimum atomic E-state index is -0.813. The van der Waals surface area contributed by atoms with E-state index < -0.39 is 6.10 Å². The second kappa shape index (κ2) is 7.87. The lowest BCUT2D eigenvalue weighted by Gasteiger charge is -2.11. The van der Waals surface area contributed by atoms with Gasteiger partial charge in [-0.05, 0) is 65.5 Å². The lowest BCUT2D eigenvalue weighted by Crippen LogP contribution is -2.07. The summed E-state index contributed by atoms with van der Waals surface area (Å²) >= 11 is 13.6. The number of nitrogens with zero attached hydrogens (tertiary/aromatic N) is 1. The van der Waals surface area contributed by atoms with Crippen molar-refractivity contribution in [2.24, 2.45) is 5.10 Å². The first kappa shape index (κ1) is 17.1. The molecular formula is C14H10Br4N2O. The molecule has 2 aromatic rings. The second-order valence-electron chi connectivity index (χ2n) is 4.10. The molecule has 0 amide bonds. The maximum absolute atomic E-state index is 10.2. The van der Waals surface area contributed by atoms with E-state index in [1.165, 1.54) is 0 Å². The van der Waals surface area contributed by atoms with Crippen molar-refractivity contribution in [1.82, 2.24) is 0 Å². The molecule has 0 aliphatic heterocycles. The normalized spacial score (nSPS) is 13.1. The number of nitrogens with one attached hydrogen (secondary N) is 1. The Bertz CT molecular complexity index is 638. The zero-order valence-corrected chi connectivity index (χ0v) is 16.9. The number of aliphatic hydroxyl groups excluding tert-OH is 1. The van der Waals surface area contributed by atoms with Crippen LogP contribution in [0.1, 0.15) is 11.7 Å². The highest BCUT2D eigenvalue weighted by molar-refractivity contribution is 9.18. The quantitative estimate of drug-likeness (QED) is 0.378. The van der Waals surface area contributed by atoms with Crippen LogP contribution >= 0.6 is 63.7 Å². The highest BCUT2D eigenvalue weighted by Gasteiger charge is 2.13. The average molecular weight is 542 g/mol. The summed E-state index contributed by atoms with van der Waals surface area (Å²) in [5, 5.41) is 14.4. The summed E-state index contributed by atoms with van der Waals surface area (Å²) in [6, 6.07) is 13.1. The van der Waals surface area contributed by atoms with Gasteiger partial charge in [0.1, 0.15) is 10.7 Å². The first-order valence-electron chi connectivity index (χ1n) is 5.85. The number of hydrogen-bond acceptors (Lipinski definition) is 3. The molecule has 110 valence electrons. The molecule has 1 unspecified atom stereocenters. The Labute approximate surface area is 156 Å². The topological polar surface area (TPSA) is 44.6 Å². The number of aliphatic hydroxyl groups is 1. The first-order valence-corrected chi connectivity index (χ1v) is 9.03. The fraction of sp³-hybridized carbons (Fsp3) is 0.0714. The number of hydrogen-bond donors (Lipinski definition) is 2. The van der Waals surface area contributed by atoms with Crippen LogP contribution in [-0.4, -0.2) is 9.73 Å². The summed E-state index contributed by atoms with van der Waals surface area (Å²) in [5.41, 5.74) is 4.47. The van der Waals surface area contributed by atoms with Crippen molar-refractivity contribution in [3.05, 3.63) is 61.4 Å². The number of hydrazone groups is 1. The van der Waals surface area contributed by atoms with Gasteiger partial charge >= 0.3 is 0 Å². The summed E-state index contributed by atoms with van der Waals surface area (Å²) < 4.78 is 3.04. The standard InChI is InChI=1S/C14H10Br4N2O/c15-9-6-10(16)12(11(17)7-9)19-20-14(18)13(21)8-4-2-1-3-5-8/h1-7,13,19,21H/b20-14-. The van der Waals surface area contributed by atoms with Gasteiger partial charge in [0.25, 0.3) is 0 Å². The Morgan fingerprint density at radius 1 is 1.05 bits per heavy atom. The van der Waals surface area contributed by atoms with Gasteiger partial charge in [-0.25, -0.2) is 0 Å². The van der Waals surface area contributed by atoms with Gasteiger partial charge in [0, 0.05) is 13.4 Å². The van der Waals surface area contributed by atoms with E-state index in [2.05, 4.69) is 74.2 Å². The Hall–Kier alpha value is -0.210. The molecule has 0 bridgehead atoms. The molecule has 1 atom stereocenters. The third-order valence-electron chi connectivity index (χ3n) is 2.62. The molecule has 0 heterocycles. The van der Waals surface area contributed by atoms with Crippen molar-refractivity contribution >= 4 is 74.0 Å².